The summed E-state index contributed by atoms with van der Waals surface area (Å²) in [6.45, 7) is 1.38. The molecule has 0 bridgehead atoms. The summed E-state index contributed by atoms with van der Waals surface area (Å²) in [5, 5.41) is 18.2. The molecule has 5 heterocycles. The second kappa shape index (κ2) is 9.59. The number of carbonyl (C=O) groups excluding carboxylic acids is 1. The maximum absolute atomic E-state index is 13.7. The number of hydrogen-bond donors (Lipinski definition) is 3. The third kappa shape index (κ3) is 4.00. The molecule has 4 aromatic rings. The van der Waals surface area contributed by atoms with Crippen LogP contribution in [0.2, 0.25) is 0 Å². The number of amides is 1. The average molecular weight is 482 g/mol. The highest BCUT2D eigenvalue weighted by Crippen LogP contribution is 2.34. The molecule has 0 aromatic carbocycles. The van der Waals surface area contributed by atoms with E-state index in [-0.39, 0.29) is 11.9 Å². The maximum Gasteiger partial charge on any atom is 0.257 e. The Morgan fingerprint density at radius 2 is 2.11 bits per heavy atom. The van der Waals surface area contributed by atoms with E-state index in [0.717, 1.165) is 36.7 Å². The molecule has 1 aliphatic heterocycles. The van der Waals surface area contributed by atoms with E-state index in [9.17, 15) is 9.18 Å². The van der Waals surface area contributed by atoms with Gasteiger partial charge in [-0.3, -0.25) is 4.79 Å². The van der Waals surface area contributed by atoms with Gasteiger partial charge in [-0.15, -0.1) is 0 Å². The van der Waals surface area contributed by atoms with Crippen LogP contribution in [0.1, 0.15) is 35.7 Å². The monoisotopic (exact) mass is 481 g/mol. The van der Waals surface area contributed by atoms with Crippen molar-refractivity contribution in [1.82, 2.24) is 29.5 Å². The summed E-state index contributed by atoms with van der Waals surface area (Å²) in [5.41, 5.74) is 3.22. The van der Waals surface area contributed by atoms with Crippen LogP contribution in [0.4, 0.5) is 10.2 Å². The summed E-state index contributed by atoms with van der Waals surface area (Å²) >= 11 is 0. The molecular formula is C24H28FN7O3. The van der Waals surface area contributed by atoms with Crippen molar-refractivity contribution >= 4 is 28.4 Å². The average Bonchev–Trinajstić information content (AvgIpc) is 3.65. The fraction of sp³-hybridized carbons (Fsp3) is 0.417. The lowest BCUT2D eigenvalue weighted by molar-refractivity contribution is 0.0826. The van der Waals surface area contributed by atoms with Crippen molar-refractivity contribution in [3.05, 3.63) is 42.4 Å². The zero-order valence-corrected chi connectivity index (χ0v) is 19.6. The zero-order valence-electron chi connectivity index (χ0n) is 19.6. The van der Waals surface area contributed by atoms with E-state index in [2.05, 4.69) is 31.5 Å². The van der Waals surface area contributed by atoms with Crippen molar-refractivity contribution < 1.29 is 19.0 Å². The largest absolute Gasteiger partial charge is 0.400 e. The predicted octanol–water partition coefficient (Wildman–Crippen LogP) is 2.59. The predicted molar refractivity (Wildman–Crippen MR) is 129 cm³/mol. The normalized spacial score (nSPS) is 21.4. The van der Waals surface area contributed by atoms with Crippen molar-refractivity contribution in [2.24, 2.45) is 0 Å². The van der Waals surface area contributed by atoms with Crippen LogP contribution in [0.5, 0.6) is 0 Å². The molecule has 3 atom stereocenters. The Hall–Kier alpha value is -3.57. The molecule has 4 aromatic heterocycles. The van der Waals surface area contributed by atoms with Crippen molar-refractivity contribution in [3.63, 3.8) is 0 Å². The number of fused-ring (bicyclic) bond motifs is 2. The molecule has 1 saturated carbocycles. The van der Waals surface area contributed by atoms with Crippen LogP contribution in [-0.2, 0) is 4.74 Å². The molecule has 1 saturated heterocycles. The standard InChI is InChI=1S/C23H24FN7O2.CH4O/c1-25-20-9-19(16-11-30(13-6-8-33-12-13)21-14(16)3-2-7-26-21)28-22-15(10-27-31(20)22)23(32)29-18-5-4-17(18)24;1-2/h2-3,7,9-11,13,17-18,25H,4-6,8,12H2,1H3,(H,29,32);2H,1H3/t13?,17-,18+;/m1./s1. The number of halogens is 1. The highest BCUT2D eigenvalue weighted by molar-refractivity contribution is 6.01. The van der Waals surface area contributed by atoms with E-state index in [0.29, 0.717) is 42.2 Å². The molecule has 35 heavy (non-hydrogen) atoms. The molecule has 184 valence electrons. The molecule has 10 nitrogen and oxygen atoms in total. The van der Waals surface area contributed by atoms with E-state index in [4.69, 9.17) is 14.8 Å². The molecule has 6 rings (SSSR count). The second-order valence-corrected chi connectivity index (χ2v) is 8.59. The molecule has 1 unspecified atom stereocenters. The van der Waals surface area contributed by atoms with Crippen molar-refractivity contribution in [2.45, 2.75) is 37.5 Å². The molecule has 1 aliphatic carbocycles. The summed E-state index contributed by atoms with van der Waals surface area (Å²) in [4.78, 5) is 22.3. The maximum atomic E-state index is 13.7. The first-order valence-corrected chi connectivity index (χ1v) is 11.6. The SMILES string of the molecule is CNc1cc(-c2cn(C3CCOC3)c3ncccc23)nc2c(C(=O)N[C@H]3CC[C@H]3F)cnn12.CO. The number of hydrogen-bond acceptors (Lipinski definition) is 7. The van der Waals surface area contributed by atoms with Crippen LogP contribution < -0.4 is 10.6 Å². The first-order chi connectivity index (χ1) is 17.1. The Labute approximate surface area is 201 Å². The third-order valence-electron chi connectivity index (χ3n) is 6.64. The number of nitrogens with one attached hydrogen (secondary N) is 2. The van der Waals surface area contributed by atoms with E-state index in [1.165, 1.54) is 6.20 Å². The van der Waals surface area contributed by atoms with Gasteiger partial charge in [-0.25, -0.2) is 14.4 Å². The minimum absolute atomic E-state index is 0.219. The fourth-order valence-corrected chi connectivity index (χ4v) is 4.61. The van der Waals surface area contributed by atoms with Gasteiger partial charge in [0.15, 0.2) is 5.65 Å². The Morgan fingerprint density at radius 3 is 2.80 bits per heavy atom. The Bertz CT molecular complexity index is 1360. The van der Waals surface area contributed by atoms with Gasteiger partial charge in [0.05, 0.1) is 30.6 Å². The number of aliphatic hydroxyl groups is 1. The molecule has 3 N–H and O–H groups in total. The highest BCUT2D eigenvalue weighted by Gasteiger charge is 2.33. The first kappa shape index (κ1) is 23.2. The number of carbonyl (C=O) groups is 1. The van der Waals surface area contributed by atoms with E-state index >= 15 is 0 Å². The molecular weight excluding hydrogens is 453 g/mol. The highest BCUT2D eigenvalue weighted by atomic mass is 19.1. The lowest BCUT2D eigenvalue weighted by Crippen LogP contribution is -2.48. The number of pyridine rings is 1. The first-order valence-electron chi connectivity index (χ1n) is 11.6. The van der Waals surface area contributed by atoms with E-state index in [1.54, 1.807) is 17.8 Å². The lowest BCUT2D eigenvalue weighted by Gasteiger charge is -2.30. The van der Waals surface area contributed by atoms with Crippen molar-refractivity contribution in [3.8, 4) is 11.3 Å². The number of anilines is 1. The quantitative estimate of drug-likeness (QED) is 0.401. The molecule has 0 radical (unpaired) electrons. The van der Waals surface area contributed by atoms with Gasteiger partial charge in [0, 0.05) is 50.2 Å². The number of aromatic nitrogens is 5. The summed E-state index contributed by atoms with van der Waals surface area (Å²) in [6, 6.07) is 5.61. The smallest absolute Gasteiger partial charge is 0.257 e. The third-order valence-corrected chi connectivity index (χ3v) is 6.64. The lowest BCUT2D eigenvalue weighted by atomic mass is 9.90. The Morgan fingerprint density at radius 1 is 1.26 bits per heavy atom. The number of rotatable bonds is 5. The fourth-order valence-electron chi connectivity index (χ4n) is 4.61. The molecule has 2 aliphatic rings. The number of nitrogens with zero attached hydrogens (tertiary/aromatic N) is 5. The van der Waals surface area contributed by atoms with Gasteiger partial charge in [-0.05, 0) is 31.4 Å². The van der Waals surface area contributed by atoms with Gasteiger partial charge < -0.3 is 25.0 Å². The van der Waals surface area contributed by atoms with Crippen LogP contribution in [-0.4, -0.2) is 74.7 Å². The molecule has 11 heteroatoms. The van der Waals surface area contributed by atoms with Crippen LogP contribution in [0.25, 0.3) is 27.9 Å². The number of alkyl halides is 1. The zero-order chi connectivity index (χ0) is 24.5. The minimum atomic E-state index is -0.995. The number of aliphatic hydroxyl groups excluding tert-OH is 1. The summed E-state index contributed by atoms with van der Waals surface area (Å²) in [5.74, 6) is 0.325. The van der Waals surface area contributed by atoms with Crippen molar-refractivity contribution in [2.75, 3.05) is 32.7 Å². The summed E-state index contributed by atoms with van der Waals surface area (Å²) < 4.78 is 23.0. The van der Waals surface area contributed by atoms with Gasteiger partial charge >= 0.3 is 0 Å². The molecule has 2 fully saturated rings. The second-order valence-electron chi connectivity index (χ2n) is 8.59. The van der Waals surface area contributed by atoms with Gasteiger partial charge in [0.25, 0.3) is 5.91 Å². The van der Waals surface area contributed by atoms with E-state index < -0.39 is 12.2 Å². The van der Waals surface area contributed by atoms with Gasteiger partial charge in [0.2, 0.25) is 0 Å². The minimum Gasteiger partial charge on any atom is -0.400 e. The van der Waals surface area contributed by atoms with Crippen LogP contribution in [0.15, 0.2) is 36.8 Å². The number of ether oxygens (including phenoxy) is 1. The Kier molecular flexibility index (Phi) is 6.35. The van der Waals surface area contributed by atoms with Crippen LogP contribution in [0, 0.1) is 0 Å². The topological polar surface area (TPSA) is 119 Å². The summed E-state index contributed by atoms with van der Waals surface area (Å²) in [7, 11) is 2.79. The van der Waals surface area contributed by atoms with Gasteiger partial charge in [-0.1, -0.05) is 0 Å². The van der Waals surface area contributed by atoms with Crippen LogP contribution >= 0.6 is 0 Å². The van der Waals surface area contributed by atoms with Gasteiger partial charge in [0.1, 0.15) is 23.2 Å². The molecule has 0 spiro atoms. The van der Waals surface area contributed by atoms with Crippen LogP contribution in [0.3, 0.4) is 0 Å². The Balaban J connectivity index is 0.00000124. The van der Waals surface area contributed by atoms with Gasteiger partial charge in [-0.2, -0.15) is 9.61 Å². The summed E-state index contributed by atoms with van der Waals surface area (Å²) in [6.07, 6.45) is 6.39. The molecule has 1 amide bonds. The van der Waals surface area contributed by atoms with E-state index in [1.807, 2.05) is 18.2 Å². The van der Waals surface area contributed by atoms with Crippen molar-refractivity contribution in [1.29, 1.82) is 0 Å².